The molecule has 212 valence electrons. The zero-order valence-corrected chi connectivity index (χ0v) is 22.2. The number of aliphatic imine (C=N–C) groups is 1. The predicted octanol–water partition coefficient (Wildman–Crippen LogP) is 5.85. The van der Waals surface area contributed by atoms with Crippen molar-refractivity contribution in [3.63, 3.8) is 0 Å². The number of aliphatic hydroxyl groups excluding tert-OH is 1. The zero-order chi connectivity index (χ0) is 28.8. The Labute approximate surface area is 226 Å². The van der Waals surface area contributed by atoms with Gasteiger partial charge in [0.15, 0.2) is 0 Å². The molecule has 0 spiro atoms. The minimum absolute atomic E-state index is 0.0222. The van der Waals surface area contributed by atoms with Crippen molar-refractivity contribution in [1.82, 2.24) is 4.90 Å². The van der Waals surface area contributed by atoms with Gasteiger partial charge in [-0.1, -0.05) is 24.8 Å². The van der Waals surface area contributed by atoms with Crippen LogP contribution >= 0.6 is 0 Å². The van der Waals surface area contributed by atoms with Crippen LogP contribution in [0, 0.1) is 12.7 Å². The highest BCUT2D eigenvalue weighted by Gasteiger charge is 2.31. The highest BCUT2D eigenvalue weighted by atomic mass is 19.4. The van der Waals surface area contributed by atoms with Crippen molar-refractivity contribution in [2.75, 3.05) is 33.4 Å². The lowest BCUT2D eigenvalue weighted by Crippen LogP contribution is -2.24. The van der Waals surface area contributed by atoms with E-state index in [-0.39, 0.29) is 18.1 Å². The van der Waals surface area contributed by atoms with Crippen molar-refractivity contribution < 1.29 is 32.1 Å². The van der Waals surface area contributed by atoms with Crippen LogP contribution in [0.3, 0.4) is 0 Å². The summed E-state index contributed by atoms with van der Waals surface area (Å²) in [4.78, 5) is 6.22. The first kappa shape index (κ1) is 31.4. The molecular weight excluding hydrogens is 514 g/mol. The number of ether oxygens (including phenoxy) is 2. The molecule has 0 saturated carbocycles. The number of benzene rings is 2. The Morgan fingerprint density at radius 3 is 2.56 bits per heavy atom. The van der Waals surface area contributed by atoms with E-state index in [4.69, 9.17) is 20.3 Å². The molecule has 0 bridgehead atoms. The van der Waals surface area contributed by atoms with Gasteiger partial charge >= 0.3 is 6.18 Å². The minimum Gasteiger partial charge on any atom is -0.493 e. The van der Waals surface area contributed by atoms with Gasteiger partial charge in [0, 0.05) is 42.8 Å². The summed E-state index contributed by atoms with van der Waals surface area (Å²) in [6.07, 6.45) is 3.21. The molecule has 0 radical (unpaired) electrons. The molecular formula is C29H35F4N3O3. The molecule has 0 unspecified atom stereocenters. The number of hydrogen-bond acceptors (Lipinski definition) is 6. The Morgan fingerprint density at radius 2 is 1.95 bits per heavy atom. The van der Waals surface area contributed by atoms with Gasteiger partial charge in [0.2, 0.25) is 5.90 Å². The van der Waals surface area contributed by atoms with Crippen LogP contribution in [0.1, 0.15) is 35.1 Å². The average Bonchev–Trinajstić information content (AvgIpc) is 2.88. The first-order chi connectivity index (χ1) is 18.6. The number of halogens is 4. The third-order valence-corrected chi connectivity index (χ3v) is 5.68. The van der Waals surface area contributed by atoms with Crippen LogP contribution in [0.2, 0.25) is 0 Å². The second-order valence-electron chi connectivity index (χ2n) is 8.69. The van der Waals surface area contributed by atoms with E-state index in [0.29, 0.717) is 44.3 Å². The van der Waals surface area contributed by atoms with Gasteiger partial charge in [-0.3, -0.25) is 0 Å². The van der Waals surface area contributed by atoms with E-state index in [1.54, 1.807) is 6.20 Å². The maximum Gasteiger partial charge on any atom is 0.416 e. The molecule has 0 aliphatic rings. The fraction of sp³-hybridized carbons (Fsp3) is 0.345. The molecule has 0 heterocycles. The molecule has 6 nitrogen and oxygen atoms in total. The van der Waals surface area contributed by atoms with Crippen molar-refractivity contribution in [3.8, 4) is 5.75 Å². The molecule has 0 aromatic heterocycles. The van der Waals surface area contributed by atoms with Gasteiger partial charge in [-0.05, 0) is 61.6 Å². The Morgan fingerprint density at radius 1 is 1.18 bits per heavy atom. The third-order valence-electron chi connectivity index (χ3n) is 5.68. The topological polar surface area (TPSA) is 80.3 Å². The molecule has 2 aromatic rings. The molecule has 0 saturated heterocycles. The minimum atomic E-state index is -4.61. The molecule has 39 heavy (non-hydrogen) atoms. The van der Waals surface area contributed by atoms with E-state index in [2.05, 4.69) is 11.6 Å². The van der Waals surface area contributed by atoms with E-state index in [9.17, 15) is 17.6 Å². The number of rotatable bonds is 14. The van der Waals surface area contributed by atoms with E-state index in [0.717, 1.165) is 35.4 Å². The Hall–Kier alpha value is -3.79. The lowest BCUT2D eigenvalue weighted by Gasteiger charge is -2.19. The smallest absolute Gasteiger partial charge is 0.416 e. The molecule has 0 aliphatic carbocycles. The number of aryl methyl sites for hydroxylation is 2. The normalized spacial score (nSPS) is 12.3. The van der Waals surface area contributed by atoms with Gasteiger partial charge in [0.05, 0.1) is 25.9 Å². The summed E-state index contributed by atoms with van der Waals surface area (Å²) >= 11 is 0. The number of aliphatic hydroxyl groups is 1. The van der Waals surface area contributed by atoms with Crippen LogP contribution in [-0.4, -0.2) is 49.3 Å². The zero-order valence-electron chi connectivity index (χ0n) is 22.2. The highest BCUT2D eigenvalue weighted by Crippen LogP contribution is 2.30. The number of alkyl halides is 3. The second-order valence-corrected chi connectivity index (χ2v) is 8.69. The molecule has 0 fully saturated rings. The molecule has 0 amide bonds. The highest BCUT2D eigenvalue weighted by molar-refractivity contribution is 5.92. The maximum absolute atomic E-state index is 14.1. The Balaban J connectivity index is 1.90. The number of methoxy groups -OCH3 is 1. The van der Waals surface area contributed by atoms with E-state index >= 15 is 0 Å². The van der Waals surface area contributed by atoms with Gasteiger partial charge in [-0.15, -0.1) is 0 Å². The van der Waals surface area contributed by atoms with Crippen LogP contribution in [0.25, 0.3) is 6.08 Å². The summed E-state index contributed by atoms with van der Waals surface area (Å²) in [6.45, 7) is 7.71. The summed E-state index contributed by atoms with van der Waals surface area (Å²) in [6, 6.07) is 8.25. The molecule has 10 heteroatoms. The van der Waals surface area contributed by atoms with Gasteiger partial charge in [-0.25, -0.2) is 9.38 Å². The molecule has 2 aromatic carbocycles. The largest absolute Gasteiger partial charge is 0.493 e. The average molecular weight is 550 g/mol. The van der Waals surface area contributed by atoms with Crippen molar-refractivity contribution in [2.45, 2.75) is 32.4 Å². The standard InChI is InChI=1S/C29H35F4N3O3/c1-21-19-23(7-11-27(21)39-18-4-14-36(15-13-34)16-17-37)6-5-22(2)35-28(38-3)12-9-24-8-10-25(20-26(24)30)29(31,32)33/h7-13,15,19-20,37H,2,4-6,14,16-18,34H2,1,3H3/b12-9+,15-13-,35-28?. The lowest BCUT2D eigenvalue weighted by atomic mass is 10.1. The summed E-state index contributed by atoms with van der Waals surface area (Å²) in [7, 11) is 1.39. The summed E-state index contributed by atoms with van der Waals surface area (Å²) < 4.78 is 63.3. The fourth-order valence-electron chi connectivity index (χ4n) is 3.64. The summed E-state index contributed by atoms with van der Waals surface area (Å²) in [5.74, 6) is -0.0507. The van der Waals surface area contributed by atoms with Gasteiger partial charge < -0.3 is 25.2 Å². The van der Waals surface area contributed by atoms with Crippen LogP contribution in [0.5, 0.6) is 5.75 Å². The van der Waals surface area contributed by atoms with E-state index < -0.39 is 17.6 Å². The van der Waals surface area contributed by atoms with Crippen LogP contribution in [0.15, 0.2) is 72.1 Å². The fourth-order valence-corrected chi connectivity index (χ4v) is 3.64. The number of nitrogens with two attached hydrogens (primary N) is 1. The number of nitrogens with zero attached hydrogens (tertiary/aromatic N) is 2. The molecule has 0 aliphatic heterocycles. The molecule has 2 rings (SSSR count). The predicted molar refractivity (Wildman–Crippen MR) is 146 cm³/mol. The summed E-state index contributed by atoms with van der Waals surface area (Å²) in [5.41, 5.74) is 6.94. The van der Waals surface area contributed by atoms with Crippen molar-refractivity contribution in [1.29, 1.82) is 0 Å². The van der Waals surface area contributed by atoms with Gasteiger partial charge in [0.25, 0.3) is 0 Å². The third kappa shape index (κ3) is 10.8. The SMILES string of the molecule is C=C(CCc1ccc(OCCCN(/C=C\N)CCO)c(C)c1)N=C(/C=C/c1ccc(C(F)(F)F)cc1F)OC. The van der Waals surface area contributed by atoms with Gasteiger partial charge in [-0.2, -0.15) is 13.2 Å². The van der Waals surface area contributed by atoms with Gasteiger partial charge in [0.1, 0.15) is 11.6 Å². The second kappa shape index (κ2) is 15.6. The number of hydrogen-bond donors (Lipinski definition) is 2. The molecule has 0 atom stereocenters. The lowest BCUT2D eigenvalue weighted by molar-refractivity contribution is -0.137. The quantitative estimate of drug-likeness (QED) is 0.134. The maximum atomic E-state index is 14.1. The molecule has 3 N–H and O–H groups in total. The van der Waals surface area contributed by atoms with E-state index in [1.807, 2.05) is 30.0 Å². The summed E-state index contributed by atoms with van der Waals surface area (Å²) in [5, 5.41) is 9.09. The van der Waals surface area contributed by atoms with Crippen molar-refractivity contribution in [2.24, 2.45) is 10.7 Å². The van der Waals surface area contributed by atoms with Crippen molar-refractivity contribution >= 4 is 12.0 Å². The monoisotopic (exact) mass is 549 g/mol. The van der Waals surface area contributed by atoms with Crippen LogP contribution in [0.4, 0.5) is 17.6 Å². The van der Waals surface area contributed by atoms with Crippen LogP contribution in [-0.2, 0) is 17.3 Å². The number of allylic oxidation sites excluding steroid dienone is 1. The van der Waals surface area contributed by atoms with E-state index in [1.165, 1.54) is 25.5 Å². The first-order valence-electron chi connectivity index (χ1n) is 12.4. The van der Waals surface area contributed by atoms with Crippen molar-refractivity contribution in [3.05, 3.63) is 95.2 Å². The first-order valence-corrected chi connectivity index (χ1v) is 12.4. The van der Waals surface area contributed by atoms with Crippen LogP contribution < -0.4 is 10.5 Å². The Bertz CT molecular complexity index is 1180. The Kier molecular flexibility index (Phi) is 12.6.